The quantitative estimate of drug-likeness (QED) is 0.834. The molecule has 1 N–H and O–H groups in total. The maximum Gasteiger partial charge on any atom is 0.124 e. The highest BCUT2D eigenvalue weighted by atomic mass is 16.5. The van der Waals surface area contributed by atoms with Crippen LogP contribution in [-0.2, 0) is 4.74 Å². The van der Waals surface area contributed by atoms with Gasteiger partial charge in [0, 0.05) is 18.6 Å². The van der Waals surface area contributed by atoms with Crippen LogP contribution in [0.2, 0.25) is 0 Å². The van der Waals surface area contributed by atoms with Gasteiger partial charge in [0.25, 0.3) is 0 Å². The average Bonchev–Trinajstić information content (AvgIpc) is 2.28. The molecule has 0 saturated heterocycles. The minimum Gasteiger partial charge on any atom is -0.496 e. The van der Waals surface area contributed by atoms with E-state index >= 15 is 0 Å². The molecule has 0 saturated carbocycles. The van der Waals surface area contributed by atoms with E-state index < -0.39 is 6.10 Å². The Hall–Kier alpha value is -1.06. The molecule has 2 atom stereocenters. The van der Waals surface area contributed by atoms with Crippen molar-refractivity contribution in [3.05, 3.63) is 29.3 Å². The molecule has 0 aliphatic carbocycles. The molecule has 0 amide bonds. The van der Waals surface area contributed by atoms with E-state index in [0.717, 1.165) is 16.9 Å². The lowest BCUT2D eigenvalue weighted by molar-refractivity contribution is 0.0551. The van der Waals surface area contributed by atoms with E-state index in [2.05, 4.69) is 0 Å². The molecule has 0 radical (unpaired) electrons. The zero-order chi connectivity index (χ0) is 12.1. The van der Waals surface area contributed by atoms with Crippen molar-refractivity contribution in [2.45, 2.75) is 20.0 Å². The van der Waals surface area contributed by atoms with Gasteiger partial charge in [0.1, 0.15) is 5.75 Å². The molecule has 0 spiro atoms. The fourth-order valence-electron chi connectivity index (χ4n) is 1.75. The number of aryl methyl sites for hydroxylation is 1. The third kappa shape index (κ3) is 2.97. The first kappa shape index (κ1) is 13.0. The summed E-state index contributed by atoms with van der Waals surface area (Å²) in [5.74, 6) is 0.766. The Morgan fingerprint density at radius 2 is 2.00 bits per heavy atom. The van der Waals surface area contributed by atoms with Gasteiger partial charge in [-0.3, -0.25) is 0 Å². The molecule has 3 heteroatoms. The van der Waals surface area contributed by atoms with Crippen molar-refractivity contribution in [1.82, 2.24) is 0 Å². The SMILES string of the molecule is COCC(C)C(O)c1cc(C)ccc1OC. The van der Waals surface area contributed by atoms with Crippen LogP contribution in [0.1, 0.15) is 24.2 Å². The predicted octanol–water partition coefficient (Wildman–Crippen LogP) is 2.32. The van der Waals surface area contributed by atoms with Crippen molar-refractivity contribution in [3.63, 3.8) is 0 Å². The fraction of sp³-hybridized carbons (Fsp3) is 0.538. The topological polar surface area (TPSA) is 38.7 Å². The maximum absolute atomic E-state index is 10.2. The second kappa shape index (κ2) is 5.87. The summed E-state index contributed by atoms with van der Waals surface area (Å²) in [6.07, 6.45) is -0.560. The van der Waals surface area contributed by atoms with Crippen molar-refractivity contribution >= 4 is 0 Å². The van der Waals surface area contributed by atoms with Gasteiger partial charge in [-0.1, -0.05) is 18.6 Å². The standard InChI is InChI=1S/C13H20O3/c1-9-5-6-12(16-4)11(7-9)13(14)10(2)8-15-3/h5-7,10,13-14H,8H2,1-4H3. The summed E-state index contributed by atoms with van der Waals surface area (Å²) < 4.78 is 10.3. The highest BCUT2D eigenvalue weighted by molar-refractivity contribution is 5.38. The Balaban J connectivity index is 2.96. The fourth-order valence-corrected chi connectivity index (χ4v) is 1.75. The molecule has 0 heterocycles. The second-order valence-electron chi connectivity index (χ2n) is 4.12. The summed E-state index contributed by atoms with van der Waals surface area (Å²) in [7, 11) is 3.25. The van der Waals surface area contributed by atoms with Crippen molar-refractivity contribution < 1.29 is 14.6 Å². The first-order valence-electron chi connectivity index (χ1n) is 5.41. The maximum atomic E-state index is 10.2. The van der Waals surface area contributed by atoms with Crippen LogP contribution in [0, 0.1) is 12.8 Å². The summed E-state index contributed by atoms with van der Waals surface area (Å²) in [6.45, 7) is 4.48. The van der Waals surface area contributed by atoms with Gasteiger partial charge in [-0.05, 0) is 19.1 Å². The third-order valence-corrected chi connectivity index (χ3v) is 2.67. The molecular weight excluding hydrogens is 204 g/mol. The van der Waals surface area contributed by atoms with Gasteiger partial charge in [0.2, 0.25) is 0 Å². The van der Waals surface area contributed by atoms with Crippen molar-refractivity contribution in [3.8, 4) is 5.75 Å². The number of aliphatic hydroxyl groups excluding tert-OH is 1. The molecule has 2 unspecified atom stereocenters. The van der Waals surface area contributed by atoms with Crippen LogP contribution in [0.3, 0.4) is 0 Å². The number of ether oxygens (including phenoxy) is 2. The van der Waals surface area contributed by atoms with Crippen molar-refractivity contribution in [2.24, 2.45) is 5.92 Å². The van der Waals surface area contributed by atoms with E-state index in [4.69, 9.17) is 9.47 Å². The van der Waals surface area contributed by atoms with Gasteiger partial charge in [-0.2, -0.15) is 0 Å². The smallest absolute Gasteiger partial charge is 0.124 e. The first-order valence-corrected chi connectivity index (χ1v) is 5.41. The number of benzene rings is 1. The number of methoxy groups -OCH3 is 2. The normalized spacial score (nSPS) is 14.6. The Morgan fingerprint density at radius 1 is 1.31 bits per heavy atom. The zero-order valence-corrected chi connectivity index (χ0v) is 10.4. The van der Waals surface area contributed by atoms with Gasteiger partial charge >= 0.3 is 0 Å². The Kier molecular flexibility index (Phi) is 4.77. The molecule has 1 rings (SSSR count). The van der Waals surface area contributed by atoms with E-state index in [1.54, 1.807) is 14.2 Å². The molecular formula is C13H20O3. The Labute approximate surface area is 97.0 Å². The zero-order valence-electron chi connectivity index (χ0n) is 10.4. The van der Waals surface area contributed by atoms with Gasteiger partial charge in [0.15, 0.2) is 0 Å². The van der Waals surface area contributed by atoms with Gasteiger partial charge in [-0.15, -0.1) is 0 Å². The Morgan fingerprint density at radius 3 is 2.56 bits per heavy atom. The monoisotopic (exact) mass is 224 g/mol. The minimum atomic E-state index is -0.560. The van der Waals surface area contributed by atoms with E-state index in [9.17, 15) is 5.11 Å². The summed E-state index contributed by atoms with van der Waals surface area (Å²) in [4.78, 5) is 0. The molecule has 1 aromatic rings. The highest BCUT2D eigenvalue weighted by Gasteiger charge is 2.20. The lowest BCUT2D eigenvalue weighted by Crippen LogP contribution is -2.15. The Bertz CT molecular complexity index is 336. The van der Waals surface area contributed by atoms with Crippen LogP contribution in [0.4, 0.5) is 0 Å². The summed E-state index contributed by atoms with van der Waals surface area (Å²) in [5.41, 5.74) is 1.94. The molecule has 3 nitrogen and oxygen atoms in total. The van der Waals surface area contributed by atoms with Crippen LogP contribution >= 0.6 is 0 Å². The summed E-state index contributed by atoms with van der Waals surface area (Å²) in [5, 5.41) is 10.2. The number of aliphatic hydroxyl groups is 1. The van der Waals surface area contributed by atoms with Crippen LogP contribution in [0.25, 0.3) is 0 Å². The molecule has 1 aromatic carbocycles. The van der Waals surface area contributed by atoms with Crippen LogP contribution in [0.5, 0.6) is 5.75 Å². The van der Waals surface area contributed by atoms with Crippen LogP contribution in [-0.4, -0.2) is 25.9 Å². The van der Waals surface area contributed by atoms with Crippen molar-refractivity contribution in [2.75, 3.05) is 20.8 Å². The predicted molar refractivity (Wildman–Crippen MR) is 63.7 cm³/mol. The molecule has 0 fully saturated rings. The molecule has 16 heavy (non-hydrogen) atoms. The summed E-state index contributed by atoms with van der Waals surface area (Å²) >= 11 is 0. The molecule has 0 aliphatic rings. The van der Waals surface area contributed by atoms with E-state index in [1.807, 2.05) is 32.0 Å². The largest absolute Gasteiger partial charge is 0.496 e. The highest BCUT2D eigenvalue weighted by Crippen LogP contribution is 2.30. The molecule has 0 aromatic heterocycles. The summed E-state index contributed by atoms with van der Waals surface area (Å²) in [6, 6.07) is 5.80. The lowest BCUT2D eigenvalue weighted by atomic mass is 9.96. The third-order valence-electron chi connectivity index (χ3n) is 2.67. The first-order chi connectivity index (χ1) is 7.60. The van der Waals surface area contributed by atoms with Crippen molar-refractivity contribution in [1.29, 1.82) is 0 Å². The number of hydrogen-bond acceptors (Lipinski definition) is 3. The number of hydrogen-bond donors (Lipinski definition) is 1. The van der Waals surface area contributed by atoms with E-state index in [1.165, 1.54) is 0 Å². The second-order valence-corrected chi connectivity index (χ2v) is 4.12. The van der Waals surface area contributed by atoms with Gasteiger partial charge in [0.05, 0.1) is 19.8 Å². The van der Waals surface area contributed by atoms with E-state index in [-0.39, 0.29) is 5.92 Å². The average molecular weight is 224 g/mol. The minimum absolute atomic E-state index is 0.0423. The van der Waals surface area contributed by atoms with Gasteiger partial charge in [-0.25, -0.2) is 0 Å². The van der Waals surface area contributed by atoms with Gasteiger partial charge < -0.3 is 14.6 Å². The van der Waals surface area contributed by atoms with E-state index in [0.29, 0.717) is 6.61 Å². The lowest BCUT2D eigenvalue weighted by Gasteiger charge is -2.21. The molecule has 0 aliphatic heterocycles. The molecule has 90 valence electrons. The molecule has 0 bridgehead atoms. The van der Waals surface area contributed by atoms with Crippen LogP contribution < -0.4 is 4.74 Å². The number of rotatable bonds is 5. The van der Waals surface area contributed by atoms with Crippen LogP contribution in [0.15, 0.2) is 18.2 Å².